The highest BCUT2D eigenvalue weighted by Gasteiger charge is 2.20. The first-order valence-corrected chi connectivity index (χ1v) is 5.81. The first kappa shape index (κ1) is 12.4. The maximum atomic E-state index is 11.4. The Kier molecular flexibility index (Phi) is 3.50. The number of benzene rings is 1. The Balaban J connectivity index is 2.32. The van der Waals surface area contributed by atoms with Gasteiger partial charge < -0.3 is 14.1 Å². The lowest BCUT2D eigenvalue weighted by atomic mass is 10.3. The molecule has 0 radical (unpaired) electrons. The summed E-state index contributed by atoms with van der Waals surface area (Å²) >= 11 is 0. The minimum absolute atomic E-state index is 0.0946. The van der Waals surface area contributed by atoms with Gasteiger partial charge in [0.15, 0.2) is 5.58 Å². The Bertz CT molecular complexity index is 515. The summed E-state index contributed by atoms with van der Waals surface area (Å²) in [5, 5.41) is 0. The van der Waals surface area contributed by atoms with Crippen molar-refractivity contribution in [3.8, 4) is 0 Å². The molecule has 0 amide bonds. The fraction of sp³-hybridized carbons (Fsp3) is 0.385. The Morgan fingerprint density at radius 1 is 1.44 bits per heavy atom. The van der Waals surface area contributed by atoms with Gasteiger partial charge in [0.25, 0.3) is 6.01 Å². The van der Waals surface area contributed by atoms with Gasteiger partial charge in [0.2, 0.25) is 0 Å². The normalized spacial score (nSPS) is 10.9. The Labute approximate surface area is 105 Å². The van der Waals surface area contributed by atoms with E-state index < -0.39 is 0 Å². The lowest BCUT2D eigenvalue weighted by molar-refractivity contribution is -0.139. The van der Waals surface area contributed by atoms with Gasteiger partial charge in [-0.15, -0.1) is 0 Å². The molecule has 18 heavy (non-hydrogen) atoms. The van der Waals surface area contributed by atoms with Crippen molar-refractivity contribution in [3.05, 3.63) is 24.3 Å². The largest absolute Gasteiger partial charge is 0.468 e. The number of rotatable bonds is 4. The fourth-order valence-corrected chi connectivity index (χ4v) is 1.66. The van der Waals surface area contributed by atoms with Crippen molar-refractivity contribution in [1.82, 2.24) is 4.98 Å². The van der Waals surface area contributed by atoms with Crippen LogP contribution in [-0.4, -0.2) is 30.6 Å². The first-order chi connectivity index (χ1) is 8.61. The monoisotopic (exact) mass is 248 g/mol. The molecule has 0 aliphatic heterocycles. The van der Waals surface area contributed by atoms with E-state index in [9.17, 15) is 4.79 Å². The van der Waals surface area contributed by atoms with Crippen LogP contribution in [0.2, 0.25) is 0 Å². The summed E-state index contributed by atoms with van der Waals surface area (Å²) in [6, 6.07) is 8.04. The predicted octanol–water partition coefficient (Wildman–Crippen LogP) is 2.22. The van der Waals surface area contributed by atoms with E-state index in [-0.39, 0.29) is 18.6 Å². The summed E-state index contributed by atoms with van der Waals surface area (Å²) in [7, 11) is 1.37. The molecule has 0 unspecified atom stereocenters. The second kappa shape index (κ2) is 5.08. The zero-order valence-electron chi connectivity index (χ0n) is 10.7. The van der Waals surface area contributed by atoms with Crippen molar-refractivity contribution < 1.29 is 13.9 Å². The van der Waals surface area contributed by atoms with Gasteiger partial charge in [0.1, 0.15) is 12.1 Å². The number of anilines is 1. The molecular weight excluding hydrogens is 232 g/mol. The molecule has 0 aliphatic rings. The topological polar surface area (TPSA) is 55.6 Å². The molecule has 0 saturated heterocycles. The first-order valence-electron chi connectivity index (χ1n) is 5.81. The van der Waals surface area contributed by atoms with Gasteiger partial charge in [-0.3, -0.25) is 4.79 Å². The van der Waals surface area contributed by atoms with Crippen molar-refractivity contribution in [2.75, 3.05) is 18.6 Å². The van der Waals surface area contributed by atoms with Crippen molar-refractivity contribution in [1.29, 1.82) is 0 Å². The summed E-state index contributed by atoms with van der Waals surface area (Å²) in [6.45, 7) is 4.07. The Morgan fingerprint density at radius 2 is 2.17 bits per heavy atom. The van der Waals surface area contributed by atoms with Gasteiger partial charge in [0.05, 0.1) is 7.11 Å². The van der Waals surface area contributed by atoms with E-state index in [1.165, 1.54) is 7.11 Å². The van der Waals surface area contributed by atoms with Gasteiger partial charge in [0, 0.05) is 6.04 Å². The third kappa shape index (κ3) is 2.45. The Hall–Kier alpha value is -2.04. The molecule has 0 N–H and O–H groups in total. The fourth-order valence-electron chi connectivity index (χ4n) is 1.66. The van der Waals surface area contributed by atoms with Crippen LogP contribution in [0.1, 0.15) is 13.8 Å². The SMILES string of the molecule is COC(=O)CN(c1nc2ccccc2o1)C(C)C. The van der Waals surface area contributed by atoms with E-state index in [1.54, 1.807) is 4.90 Å². The maximum Gasteiger partial charge on any atom is 0.325 e. The van der Waals surface area contributed by atoms with Crippen LogP contribution in [0.3, 0.4) is 0 Å². The number of esters is 1. The third-order valence-electron chi connectivity index (χ3n) is 2.68. The molecule has 0 spiro atoms. The van der Waals surface area contributed by atoms with Crippen LogP contribution >= 0.6 is 0 Å². The van der Waals surface area contributed by atoms with Gasteiger partial charge in [-0.1, -0.05) is 12.1 Å². The maximum absolute atomic E-state index is 11.4. The highest BCUT2D eigenvalue weighted by Crippen LogP contribution is 2.22. The summed E-state index contributed by atoms with van der Waals surface area (Å²) in [4.78, 5) is 17.5. The quantitative estimate of drug-likeness (QED) is 0.776. The molecule has 96 valence electrons. The lowest BCUT2D eigenvalue weighted by Gasteiger charge is -2.23. The molecule has 0 bridgehead atoms. The molecule has 0 atom stereocenters. The lowest BCUT2D eigenvalue weighted by Crippen LogP contribution is -2.36. The predicted molar refractivity (Wildman–Crippen MR) is 68.5 cm³/mol. The molecule has 5 heteroatoms. The second-order valence-electron chi connectivity index (χ2n) is 4.26. The minimum atomic E-state index is -0.314. The van der Waals surface area contributed by atoms with E-state index in [0.717, 1.165) is 5.52 Å². The number of hydrogen-bond donors (Lipinski definition) is 0. The smallest absolute Gasteiger partial charge is 0.325 e. The zero-order valence-corrected chi connectivity index (χ0v) is 10.7. The molecule has 0 saturated carbocycles. The second-order valence-corrected chi connectivity index (χ2v) is 4.26. The molecule has 0 aliphatic carbocycles. The average molecular weight is 248 g/mol. The number of oxazole rings is 1. The third-order valence-corrected chi connectivity index (χ3v) is 2.68. The number of aromatic nitrogens is 1. The molecule has 2 rings (SSSR count). The van der Waals surface area contributed by atoms with Gasteiger partial charge in [-0.2, -0.15) is 4.98 Å². The summed E-state index contributed by atoms with van der Waals surface area (Å²) in [5.41, 5.74) is 1.49. The number of hydrogen-bond acceptors (Lipinski definition) is 5. The molecule has 1 heterocycles. The van der Waals surface area contributed by atoms with E-state index in [1.807, 2.05) is 38.1 Å². The number of carbonyl (C=O) groups is 1. The van der Waals surface area contributed by atoms with Crippen LogP contribution in [0.5, 0.6) is 0 Å². The van der Waals surface area contributed by atoms with E-state index in [0.29, 0.717) is 11.6 Å². The van der Waals surface area contributed by atoms with Crippen molar-refractivity contribution in [3.63, 3.8) is 0 Å². The van der Waals surface area contributed by atoms with E-state index in [4.69, 9.17) is 4.42 Å². The van der Waals surface area contributed by atoms with Crippen LogP contribution < -0.4 is 4.90 Å². The van der Waals surface area contributed by atoms with Crippen LogP contribution in [0.15, 0.2) is 28.7 Å². The zero-order chi connectivity index (χ0) is 13.1. The molecular formula is C13H16N2O3. The summed E-state index contributed by atoms with van der Waals surface area (Å²) in [6.07, 6.45) is 0. The highest BCUT2D eigenvalue weighted by atomic mass is 16.5. The number of methoxy groups -OCH3 is 1. The Morgan fingerprint density at radius 3 is 2.78 bits per heavy atom. The molecule has 1 aromatic heterocycles. The number of carbonyl (C=O) groups excluding carboxylic acids is 1. The van der Waals surface area contributed by atoms with E-state index in [2.05, 4.69) is 9.72 Å². The van der Waals surface area contributed by atoms with Gasteiger partial charge in [-0.25, -0.2) is 0 Å². The average Bonchev–Trinajstić information content (AvgIpc) is 2.78. The molecule has 2 aromatic rings. The van der Waals surface area contributed by atoms with E-state index >= 15 is 0 Å². The van der Waals surface area contributed by atoms with Crippen molar-refractivity contribution in [2.24, 2.45) is 0 Å². The van der Waals surface area contributed by atoms with Crippen molar-refractivity contribution in [2.45, 2.75) is 19.9 Å². The number of ether oxygens (including phenoxy) is 1. The molecule has 0 fully saturated rings. The highest BCUT2D eigenvalue weighted by molar-refractivity contribution is 5.77. The standard InChI is InChI=1S/C13H16N2O3/c1-9(2)15(8-12(16)17-3)13-14-10-6-4-5-7-11(10)18-13/h4-7,9H,8H2,1-3H3. The number of para-hydroxylation sites is 2. The van der Waals surface area contributed by atoms with Gasteiger partial charge >= 0.3 is 5.97 Å². The van der Waals surface area contributed by atoms with Crippen LogP contribution in [0, 0.1) is 0 Å². The summed E-state index contributed by atoms with van der Waals surface area (Å²) in [5.74, 6) is -0.314. The summed E-state index contributed by atoms with van der Waals surface area (Å²) < 4.78 is 10.3. The minimum Gasteiger partial charge on any atom is -0.468 e. The molecule has 1 aromatic carbocycles. The van der Waals surface area contributed by atoms with Gasteiger partial charge in [-0.05, 0) is 26.0 Å². The number of fused-ring (bicyclic) bond motifs is 1. The van der Waals surface area contributed by atoms with Crippen LogP contribution in [0.25, 0.3) is 11.1 Å². The van der Waals surface area contributed by atoms with Crippen LogP contribution in [-0.2, 0) is 9.53 Å². The van der Waals surface area contributed by atoms with Crippen molar-refractivity contribution >= 4 is 23.1 Å². The number of nitrogens with zero attached hydrogens (tertiary/aromatic N) is 2. The van der Waals surface area contributed by atoms with Crippen LogP contribution in [0.4, 0.5) is 6.01 Å². The molecule has 5 nitrogen and oxygen atoms in total.